The fourth-order valence-electron chi connectivity index (χ4n) is 3.04. The maximum Gasteiger partial charge on any atom is 0.225 e. The van der Waals surface area contributed by atoms with Gasteiger partial charge < -0.3 is 19.7 Å². The quantitative estimate of drug-likeness (QED) is 0.821. The number of nitrogens with one attached hydrogen (secondary N) is 1. The van der Waals surface area contributed by atoms with Gasteiger partial charge in [-0.2, -0.15) is 0 Å². The highest BCUT2D eigenvalue weighted by molar-refractivity contribution is 5.79. The van der Waals surface area contributed by atoms with Crippen LogP contribution in [0.1, 0.15) is 45.2 Å². The Morgan fingerprint density at radius 3 is 2.80 bits per heavy atom. The highest BCUT2D eigenvalue weighted by Gasteiger charge is 2.27. The third-order valence-electron chi connectivity index (χ3n) is 4.30. The van der Waals surface area contributed by atoms with E-state index < -0.39 is 6.04 Å². The zero-order valence-corrected chi connectivity index (χ0v) is 15.3. The molecule has 0 aromatic heterocycles. The lowest BCUT2D eigenvalue weighted by Crippen LogP contribution is -2.46. The number of benzene rings is 1. The van der Waals surface area contributed by atoms with Crippen LogP contribution in [0.25, 0.3) is 0 Å². The van der Waals surface area contributed by atoms with Crippen molar-refractivity contribution in [3.63, 3.8) is 0 Å². The molecular weight excluding hydrogens is 320 g/mol. The molecule has 0 saturated carbocycles. The summed E-state index contributed by atoms with van der Waals surface area (Å²) in [5.41, 5.74) is 0.827. The Bertz CT molecular complexity index is 591. The molecule has 6 nitrogen and oxygen atoms in total. The number of nitrogens with zero attached hydrogens (tertiary/aromatic N) is 1. The standard InChI is InChI=1S/C19H28N2O4/c1-4-15-13-21(10-11-25-15)19(23)12-17(20-14(3)22)16-8-6-7-9-18(16)24-5-2/h6-9,15,17H,4-5,10-13H2,1-3H3,(H,20,22)/t15-,17+/m1/s1. The van der Waals surface area contributed by atoms with Gasteiger partial charge in [-0.15, -0.1) is 0 Å². The van der Waals surface area contributed by atoms with Crippen molar-refractivity contribution in [2.24, 2.45) is 0 Å². The maximum atomic E-state index is 12.8. The molecule has 1 aromatic carbocycles. The van der Waals surface area contributed by atoms with Gasteiger partial charge in [0.05, 0.1) is 31.8 Å². The summed E-state index contributed by atoms with van der Waals surface area (Å²) >= 11 is 0. The van der Waals surface area contributed by atoms with E-state index in [0.717, 1.165) is 12.0 Å². The summed E-state index contributed by atoms with van der Waals surface area (Å²) in [6.07, 6.45) is 1.18. The van der Waals surface area contributed by atoms with Gasteiger partial charge in [-0.3, -0.25) is 9.59 Å². The Morgan fingerprint density at radius 1 is 1.36 bits per heavy atom. The zero-order valence-electron chi connectivity index (χ0n) is 15.3. The molecule has 1 aromatic rings. The van der Waals surface area contributed by atoms with Gasteiger partial charge in [0.1, 0.15) is 5.75 Å². The lowest BCUT2D eigenvalue weighted by Gasteiger charge is -2.33. The fourth-order valence-corrected chi connectivity index (χ4v) is 3.04. The molecule has 1 aliphatic rings. The largest absolute Gasteiger partial charge is 0.494 e. The predicted octanol–water partition coefficient (Wildman–Crippen LogP) is 2.29. The minimum Gasteiger partial charge on any atom is -0.494 e. The number of hydrogen-bond acceptors (Lipinski definition) is 4. The second kappa shape index (κ2) is 9.42. The van der Waals surface area contributed by atoms with Crippen molar-refractivity contribution in [1.82, 2.24) is 10.2 Å². The van der Waals surface area contributed by atoms with E-state index in [0.29, 0.717) is 32.1 Å². The van der Waals surface area contributed by atoms with E-state index in [1.165, 1.54) is 6.92 Å². The Labute approximate surface area is 149 Å². The average Bonchev–Trinajstić information content (AvgIpc) is 2.61. The summed E-state index contributed by atoms with van der Waals surface area (Å²) < 4.78 is 11.3. The molecule has 0 bridgehead atoms. The number of amides is 2. The molecule has 1 heterocycles. The molecule has 1 aliphatic heterocycles. The number of para-hydroxylation sites is 1. The smallest absolute Gasteiger partial charge is 0.225 e. The molecule has 2 rings (SSSR count). The van der Waals surface area contributed by atoms with Crippen molar-refractivity contribution >= 4 is 11.8 Å². The van der Waals surface area contributed by atoms with Crippen molar-refractivity contribution < 1.29 is 19.1 Å². The highest BCUT2D eigenvalue weighted by atomic mass is 16.5. The first kappa shape index (κ1) is 19.2. The van der Waals surface area contributed by atoms with E-state index in [9.17, 15) is 9.59 Å². The molecule has 1 saturated heterocycles. The normalized spacial score (nSPS) is 18.5. The van der Waals surface area contributed by atoms with E-state index >= 15 is 0 Å². The van der Waals surface area contributed by atoms with E-state index in [2.05, 4.69) is 12.2 Å². The van der Waals surface area contributed by atoms with Gasteiger partial charge in [0.25, 0.3) is 0 Å². The van der Waals surface area contributed by atoms with Crippen molar-refractivity contribution in [1.29, 1.82) is 0 Å². The third-order valence-corrected chi connectivity index (χ3v) is 4.30. The van der Waals surface area contributed by atoms with Crippen LogP contribution in [0.4, 0.5) is 0 Å². The van der Waals surface area contributed by atoms with Crippen LogP contribution in [0, 0.1) is 0 Å². The minimum absolute atomic E-state index is 0.0202. The number of hydrogen-bond donors (Lipinski definition) is 1. The molecule has 2 amide bonds. The molecule has 0 radical (unpaired) electrons. The summed E-state index contributed by atoms with van der Waals surface area (Å²) in [6, 6.07) is 7.12. The molecule has 0 spiro atoms. The predicted molar refractivity (Wildman–Crippen MR) is 95.4 cm³/mol. The number of morpholine rings is 1. The maximum absolute atomic E-state index is 12.8. The van der Waals surface area contributed by atoms with Crippen molar-refractivity contribution in [3.05, 3.63) is 29.8 Å². The van der Waals surface area contributed by atoms with Crippen LogP contribution in [-0.4, -0.2) is 49.1 Å². The van der Waals surface area contributed by atoms with Crippen LogP contribution in [-0.2, 0) is 14.3 Å². The lowest BCUT2D eigenvalue weighted by atomic mass is 10.0. The molecular formula is C19H28N2O4. The lowest BCUT2D eigenvalue weighted by molar-refractivity contribution is -0.139. The molecule has 1 N–H and O–H groups in total. The number of carbonyl (C=O) groups excluding carboxylic acids is 2. The van der Waals surface area contributed by atoms with Gasteiger partial charge in [-0.05, 0) is 19.4 Å². The Morgan fingerprint density at radius 2 is 2.12 bits per heavy atom. The fraction of sp³-hybridized carbons (Fsp3) is 0.579. The Balaban J connectivity index is 2.15. The molecule has 0 unspecified atom stereocenters. The van der Waals surface area contributed by atoms with Crippen LogP contribution in [0.15, 0.2) is 24.3 Å². The van der Waals surface area contributed by atoms with E-state index in [1.54, 1.807) is 0 Å². The van der Waals surface area contributed by atoms with Gasteiger partial charge in [-0.1, -0.05) is 25.1 Å². The SMILES string of the molecule is CCOc1ccccc1[C@H](CC(=O)N1CCO[C@H](CC)C1)NC(C)=O. The van der Waals surface area contributed by atoms with E-state index in [1.807, 2.05) is 36.1 Å². The van der Waals surface area contributed by atoms with Gasteiger partial charge in [0.2, 0.25) is 11.8 Å². The topological polar surface area (TPSA) is 67.9 Å². The van der Waals surface area contributed by atoms with Crippen LogP contribution < -0.4 is 10.1 Å². The molecule has 6 heteroatoms. The highest BCUT2D eigenvalue weighted by Crippen LogP contribution is 2.28. The van der Waals surface area contributed by atoms with Gasteiger partial charge in [0, 0.05) is 25.6 Å². The van der Waals surface area contributed by atoms with Crippen molar-refractivity contribution in [2.45, 2.75) is 45.8 Å². The Kier molecular flexibility index (Phi) is 7.25. The second-order valence-electron chi connectivity index (χ2n) is 6.17. The average molecular weight is 348 g/mol. The van der Waals surface area contributed by atoms with Crippen LogP contribution in [0.5, 0.6) is 5.75 Å². The van der Waals surface area contributed by atoms with Gasteiger partial charge in [0.15, 0.2) is 0 Å². The summed E-state index contributed by atoms with van der Waals surface area (Å²) in [5, 5.41) is 2.89. The first-order valence-electron chi connectivity index (χ1n) is 8.93. The van der Waals surface area contributed by atoms with Crippen LogP contribution in [0.2, 0.25) is 0 Å². The van der Waals surface area contributed by atoms with Crippen molar-refractivity contribution in [3.8, 4) is 5.75 Å². The van der Waals surface area contributed by atoms with Gasteiger partial charge >= 0.3 is 0 Å². The molecule has 1 fully saturated rings. The summed E-state index contributed by atoms with van der Waals surface area (Å²) in [7, 11) is 0. The number of rotatable bonds is 7. The van der Waals surface area contributed by atoms with Crippen LogP contribution in [0.3, 0.4) is 0 Å². The third kappa shape index (κ3) is 5.46. The molecule has 0 aliphatic carbocycles. The summed E-state index contributed by atoms with van der Waals surface area (Å²) in [4.78, 5) is 26.3. The number of ether oxygens (including phenoxy) is 2. The number of carbonyl (C=O) groups is 2. The molecule has 25 heavy (non-hydrogen) atoms. The summed E-state index contributed by atoms with van der Waals surface area (Å²) in [5.74, 6) is 0.550. The first-order chi connectivity index (χ1) is 12.0. The molecule has 138 valence electrons. The first-order valence-corrected chi connectivity index (χ1v) is 8.93. The van der Waals surface area contributed by atoms with E-state index in [4.69, 9.17) is 9.47 Å². The second-order valence-corrected chi connectivity index (χ2v) is 6.17. The minimum atomic E-state index is -0.407. The van der Waals surface area contributed by atoms with Crippen molar-refractivity contribution in [2.75, 3.05) is 26.3 Å². The molecule has 2 atom stereocenters. The monoisotopic (exact) mass is 348 g/mol. The Hall–Kier alpha value is -2.08. The van der Waals surface area contributed by atoms with Crippen LogP contribution >= 0.6 is 0 Å². The summed E-state index contributed by atoms with van der Waals surface area (Å²) in [6.45, 7) is 7.71. The zero-order chi connectivity index (χ0) is 18.2. The van der Waals surface area contributed by atoms with Gasteiger partial charge in [-0.25, -0.2) is 0 Å². The van der Waals surface area contributed by atoms with E-state index in [-0.39, 0.29) is 24.3 Å².